The third-order valence-electron chi connectivity index (χ3n) is 9.55. The van der Waals surface area contributed by atoms with Crippen molar-refractivity contribution in [3.05, 3.63) is 96.2 Å². The van der Waals surface area contributed by atoms with Crippen LogP contribution in [0.4, 0.5) is 33.4 Å². The van der Waals surface area contributed by atoms with E-state index in [0.29, 0.717) is 63.7 Å². The van der Waals surface area contributed by atoms with Crippen molar-refractivity contribution < 1.29 is 28.6 Å². The number of carbonyl (C=O) groups excluding carboxylic acids is 2. The van der Waals surface area contributed by atoms with Gasteiger partial charge in [-0.15, -0.1) is 0 Å². The summed E-state index contributed by atoms with van der Waals surface area (Å²) in [7, 11) is 4.63. The van der Waals surface area contributed by atoms with Gasteiger partial charge in [-0.2, -0.15) is 0 Å². The fourth-order valence-corrected chi connectivity index (χ4v) is 6.66. The fraction of sp³-hybridized carbons (Fsp3) is 0.326. The topological polar surface area (TPSA) is 147 Å². The van der Waals surface area contributed by atoms with Crippen LogP contribution in [0.15, 0.2) is 85.1 Å². The van der Waals surface area contributed by atoms with Crippen LogP contribution < -0.4 is 41.0 Å². The SMILES string of the molecule is CONc1cc(C(C)(C)C)cc(NC(=O)Nc2ccc(Oc3ccnc(Nc4cc(OC)cc(C(=O)NCCN5CCCCC5)c4)c3)c3ccccc23)c1OC. The molecule has 1 aromatic heterocycles. The summed E-state index contributed by atoms with van der Waals surface area (Å²) >= 11 is 0. The molecule has 294 valence electrons. The third kappa shape index (κ3) is 9.97. The number of piperidine rings is 1. The summed E-state index contributed by atoms with van der Waals surface area (Å²) in [5.41, 5.74) is 6.42. The molecule has 5 aromatic rings. The first-order valence-corrected chi connectivity index (χ1v) is 18.8. The molecule has 0 atom stereocenters. The van der Waals surface area contributed by atoms with Gasteiger partial charge >= 0.3 is 6.03 Å². The Bertz CT molecular complexity index is 2160. The molecule has 0 unspecified atom stereocenters. The van der Waals surface area contributed by atoms with E-state index in [1.807, 2.05) is 48.5 Å². The lowest BCUT2D eigenvalue weighted by Gasteiger charge is -2.26. The molecule has 2 heterocycles. The molecular formula is C43H51N7O6. The molecule has 0 aliphatic carbocycles. The van der Waals surface area contributed by atoms with E-state index in [4.69, 9.17) is 19.0 Å². The summed E-state index contributed by atoms with van der Waals surface area (Å²) in [5, 5.41) is 13.9. The highest BCUT2D eigenvalue weighted by Gasteiger charge is 2.22. The maximum absolute atomic E-state index is 13.5. The van der Waals surface area contributed by atoms with Gasteiger partial charge in [-0.05, 0) is 79.4 Å². The van der Waals surface area contributed by atoms with Gasteiger partial charge < -0.3 is 40.4 Å². The third-order valence-corrected chi connectivity index (χ3v) is 9.55. The molecule has 1 fully saturated rings. The Morgan fingerprint density at radius 1 is 0.786 bits per heavy atom. The first-order chi connectivity index (χ1) is 27.0. The molecule has 56 heavy (non-hydrogen) atoms. The summed E-state index contributed by atoms with van der Waals surface area (Å²) in [4.78, 5) is 38.6. The number of methoxy groups -OCH3 is 2. The van der Waals surface area contributed by atoms with Gasteiger partial charge in [-0.25, -0.2) is 9.78 Å². The molecule has 0 bridgehead atoms. The van der Waals surface area contributed by atoms with Crippen molar-refractivity contribution in [1.82, 2.24) is 15.2 Å². The predicted molar refractivity (Wildman–Crippen MR) is 222 cm³/mol. The Labute approximate surface area is 328 Å². The Balaban J connectivity index is 1.16. The van der Waals surface area contributed by atoms with Crippen LogP contribution >= 0.6 is 0 Å². The van der Waals surface area contributed by atoms with Crippen molar-refractivity contribution in [2.75, 3.05) is 68.9 Å². The largest absolute Gasteiger partial charge is 0.497 e. The van der Waals surface area contributed by atoms with Gasteiger partial charge in [0.05, 0.1) is 32.7 Å². The minimum atomic E-state index is -0.447. The molecule has 1 aliphatic heterocycles. The van der Waals surface area contributed by atoms with Crippen molar-refractivity contribution in [2.24, 2.45) is 0 Å². The number of likely N-dealkylation sites (tertiary alicyclic amines) is 1. The van der Waals surface area contributed by atoms with Crippen LogP contribution in [0.25, 0.3) is 10.8 Å². The molecule has 13 nitrogen and oxygen atoms in total. The van der Waals surface area contributed by atoms with E-state index in [9.17, 15) is 9.59 Å². The molecule has 1 saturated heterocycles. The van der Waals surface area contributed by atoms with E-state index >= 15 is 0 Å². The molecule has 6 rings (SSSR count). The number of amides is 3. The molecule has 0 radical (unpaired) electrons. The molecule has 13 heteroatoms. The summed E-state index contributed by atoms with van der Waals surface area (Å²) in [6.07, 6.45) is 5.34. The average molecular weight is 762 g/mol. The van der Waals surface area contributed by atoms with Gasteiger partial charge in [0, 0.05) is 53.4 Å². The molecular weight excluding hydrogens is 711 g/mol. The Hall–Kier alpha value is -6.05. The average Bonchev–Trinajstić information content (AvgIpc) is 3.19. The highest BCUT2D eigenvalue weighted by atomic mass is 16.6. The summed E-state index contributed by atoms with van der Waals surface area (Å²) in [5.74, 6) is 2.45. The fourth-order valence-electron chi connectivity index (χ4n) is 6.66. The molecule has 3 amide bonds. The van der Waals surface area contributed by atoms with E-state index in [2.05, 4.69) is 57.4 Å². The van der Waals surface area contributed by atoms with Crippen LogP contribution in [0.3, 0.4) is 0 Å². The van der Waals surface area contributed by atoms with E-state index in [-0.39, 0.29) is 11.3 Å². The first kappa shape index (κ1) is 39.6. The number of anilines is 5. The van der Waals surface area contributed by atoms with Crippen molar-refractivity contribution in [3.8, 4) is 23.0 Å². The van der Waals surface area contributed by atoms with Gasteiger partial charge in [0.25, 0.3) is 5.91 Å². The maximum atomic E-state index is 13.5. The zero-order valence-corrected chi connectivity index (χ0v) is 32.9. The predicted octanol–water partition coefficient (Wildman–Crippen LogP) is 8.92. The number of rotatable bonds is 14. The van der Waals surface area contributed by atoms with Gasteiger partial charge in [0.2, 0.25) is 0 Å². The molecule has 0 saturated carbocycles. The number of nitrogens with zero attached hydrogens (tertiary/aromatic N) is 2. The smallest absolute Gasteiger partial charge is 0.323 e. The second-order valence-corrected chi connectivity index (χ2v) is 14.6. The highest BCUT2D eigenvalue weighted by molar-refractivity contribution is 6.08. The van der Waals surface area contributed by atoms with Gasteiger partial charge in [-0.3, -0.25) is 15.1 Å². The number of carbonyl (C=O) groups is 2. The standard InChI is InChI=1S/C43H51N7O6/c1-43(2,3)29-24-36(40(54-5)37(25-29)49-55-6)48-42(52)47-35-14-15-38(34-13-9-8-12-33(34)35)56-31-16-17-44-39(27-31)46-30-22-28(23-32(26-30)53-4)41(51)45-18-21-50-19-10-7-11-20-50/h8-9,12-17,22-27,49H,7,10-11,18-21H2,1-6H3,(H,44,46)(H,45,51)(H2,47,48,52). The summed E-state index contributed by atoms with van der Waals surface area (Å²) < 4.78 is 17.6. The number of pyridine rings is 1. The number of urea groups is 1. The van der Waals surface area contributed by atoms with Gasteiger partial charge in [0.1, 0.15) is 28.8 Å². The van der Waals surface area contributed by atoms with Crippen molar-refractivity contribution in [3.63, 3.8) is 0 Å². The van der Waals surface area contributed by atoms with Crippen molar-refractivity contribution >= 4 is 51.3 Å². The van der Waals surface area contributed by atoms with Crippen molar-refractivity contribution in [1.29, 1.82) is 0 Å². The second kappa shape index (κ2) is 18.1. The molecule has 0 spiro atoms. The maximum Gasteiger partial charge on any atom is 0.323 e. The lowest BCUT2D eigenvalue weighted by Crippen LogP contribution is -2.37. The normalized spacial score (nSPS) is 13.1. The number of hydrogen-bond acceptors (Lipinski definition) is 10. The second-order valence-electron chi connectivity index (χ2n) is 14.6. The van der Waals surface area contributed by atoms with Crippen LogP contribution in [0.5, 0.6) is 23.0 Å². The zero-order valence-electron chi connectivity index (χ0n) is 32.9. The van der Waals surface area contributed by atoms with Crippen LogP contribution in [0, 0.1) is 0 Å². The number of fused-ring (bicyclic) bond motifs is 1. The summed E-state index contributed by atoms with van der Waals surface area (Å²) in [6, 6.07) is 23.5. The van der Waals surface area contributed by atoms with Gasteiger partial charge in [-0.1, -0.05) is 51.5 Å². The first-order valence-electron chi connectivity index (χ1n) is 18.8. The molecule has 1 aliphatic rings. The Kier molecular flexibility index (Phi) is 12.8. The van der Waals surface area contributed by atoms with Crippen LogP contribution in [0.2, 0.25) is 0 Å². The van der Waals surface area contributed by atoms with E-state index in [0.717, 1.165) is 36.0 Å². The number of ether oxygens (including phenoxy) is 3. The minimum absolute atomic E-state index is 0.167. The number of nitrogens with one attached hydrogen (secondary N) is 5. The van der Waals surface area contributed by atoms with Crippen LogP contribution in [-0.4, -0.2) is 69.3 Å². The van der Waals surface area contributed by atoms with Crippen molar-refractivity contribution in [2.45, 2.75) is 45.4 Å². The number of benzene rings is 4. The van der Waals surface area contributed by atoms with Crippen LogP contribution in [-0.2, 0) is 10.3 Å². The van der Waals surface area contributed by atoms with E-state index in [1.54, 1.807) is 43.6 Å². The Morgan fingerprint density at radius 3 is 2.27 bits per heavy atom. The van der Waals surface area contributed by atoms with Crippen LogP contribution in [0.1, 0.15) is 56.0 Å². The van der Waals surface area contributed by atoms with E-state index < -0.39 is 6.03 Å². The summed E-state index contributed by atoms with van der Waals surface area (Å²) in [6.45, 7) is 9.83. The lowest BCUT2D eigenvalue weighted by atomic mass is 9.86. The molecule has 4 aromatic carbocycles. The monoisotopic (exact) mass is 761 g/mol. The highest BCUT2D eigenvalue weighted by Crippen LogP contribution is 2.39. The Morgan fingerprint density at radius 2 is 1.54 bits per heavy atom. The zero-order chi connectivity index (χ0) is 39.7. The molecule has 5 N–H and O–H groups in total. The quantitative estimate of drug-likeness (QED) is 0.0695. The minimum Gasteiger partial charge on any atom is -0.497 e. The lowest BCUT2D eigenvalue weighted by molar-refractivity contribution is 0.0946. The van der Waals surface area contributed by atoms with E-state index in [1.165, 1.54) is 33.5 Å². The number of hydrogen-bond donors (Lipinski definition) is 5. The van der Waals surface area contributed by atoms with Gasteiger partial charge in [0.15, 0.2) is 5.75 Å². The number of aromatic nitrogens is 1.